The third-order valence-electron chi connectivity index (χ3n) is 6.28. The van der Waals surface area contributed by atoms with E-state index >= 15 is 0 Å². The van der Waals surface area contributed by atoms with Gasteiger partial charge in [-0.2, -0.15) is 8.61 Å². The maximum Gasteiger partial charge on any atom is 0.251 e. The number of hydrogen-bond donors (Lipinski definition) is 1. The molecule has 0 aromatic heterocycles. The van der Waals surface area contributed by atoms with E-state index in [-0.39, 0.29) is 28.5 Å². The molecule has 1 amide bonds. The lowest BCUT2D eigenvalue weighted by molar-refractivity contribution is 0.0730. The standard InChI is InChI=1S/C24H32N4O7S2/c1-26-10-12-27(13-11-26)37(32,33)23-4-2-3-20(19-23)24(29)25-9-16-35-21-5-7-22(8-6-21)36(30,31)28-14-17-34-18-15-28/h2-8,19H,9-18H2,1H3,(H,25,29). The fraction of sp³-hybridized carbons (Fsp3) is 0.458. The lowest BCUT2D eigenvalue weighted by Crippen LogP contribution is -2.47. The molecule has 0 radical (unpaired) electrons. The van der Waals surface area contributed by atoms with E-state index in [9.17, 15) is 21.6 Å². The van der Waals surface area contributed by atoms with Crippen LogP contribution in [0.4, 0.5) is 0 Å². The van der Waals surface area contributed by atoms with E-state index in [0.717, 1.165) is 0 Å². The highest BCUT2D eigenvalue weighted by atomic mass is 32.2. The Hall–Kier alpha value is -2.55. The van der Waals surface area contributed by atoms with E-state index in [1.54, 1.807) is 24.3 Å². The van der Waals surface area contributed by atoms with Crippen molar-refractivity contribution in [3.05, 3.63) is 54.1 Å². The largest absolute Gasteiger partial charge is 0.492 e. The summed E-state index contributed by atoms with van der Waals surface area (Å²) >= 11 is 0. The third-order valence-corrected chi connectivity index (χ3v) is 10.1. The molecule has 2 fully saturated rings. The Balaban J connectivity index is 1.28. The number of sulfonamides is 2. The molecule has 0 aliphatic carbocycles. The molecule has 37 heavy (non-hydrogen) atoms. The van der Waals surface area contributed by atoms with E-state index in [4.69, 9.17) is 9.47 Å². The van der Waals surface area contributed by atoms with Crippen LogP contribution >= 0.6 is 0 Å². The minimum absolute atomic E-state index is 0.0908. The molecule has 13 heteroatoms. The van der Waals surface area contributed by atoms with Gasteiger partial charge in [0.25, 0.3) is 5.91 Å². The number of likely N-dealkylation sites (N-methyl/N-ethyl adjacent to an activating group) is 1. The normalized spacial score (nSPS) is 18.4. The third kappa shape index (κ3) is 6.67. The molecule has 2 aliphatic rings. The van der Waals surface area contributed by atoms with Gasteiger partial charge >= 0.3 is 0 Å². The average Bonchev–Trinajstić information content (AvgIpc) is 2.92. The van der Waals surface area contributed by atoms with Gasteiger partial charge in [0, 0.05) is 44.8 Å². The molecule has 202 valence electrons. The quantitative estimate of drug-likeness (QED) is 0.445. The summed E-state index contributed by atoms with van der Waals surface area (Å²) in [5.41, 5.74) is 0.243. The van der Waals surface area contributed by atoms with Gasteiger partial charge in [-0.15, -0.1) is 0 Å². The molecule has 0 saturated carbocycles. The van der Waals surface area contributed by atoms with Crippen LogP contribution in [-0.2, 0) is 24.8 Å². The van der Waals surface area contributed by atoms with Crippen LogP contribution in [0.3, 0.4) is 0 Å². The van der Waals surface area contributed by atoms with E-state index < -0.39 is 26.0 Å². The second-order valence-corrected chi connectivity index (χ2v) is 12.7. The number of nitrogens with zero attached hydrogens (tertiary/aromatic N) is 3. The predicted octanol–water partition coefficient (Wildman–Crippen LogP) is 0.452. The lowest BCUT2D eigenvalue weighted by atomic mass is 10.2. The number of ether oxygens (including phenoxy) is 2. The fourth-order valence-corrected chi connectivity index (χ4v) is 6.93. The highest BCUT2D eigenvalue weighted by Gasteiger charge is 2.28. The minimum Gasteiger partial charge on any atom is -0.492 e. The number of morpholine rings is 1. The van der Waals surface area contributed by atoms with E-state index in [0.29, 0.717) is 58.2 Å². The summed E-state index contributed by atoms with van der Waals surface area (Å²) in [5, 5.41) is 2.72. The van der Waals surface area contributed by atoms with Crippen molar-refractivity contribution in [3.63, 3.8) is 0 Å². The molecule has 4 rings (SSSR count). The Morgan fingerprint density at radius 1 is 0.865 bits per heavy atom. The van der Waals surface area contributed by atoms with Gasteiger partial charge in [0.2, 0.25) is 20.0 Å². The van der Waals surface area contributed by atoms with Crippen molar-refractivity contribution in [3.8, 4) is 5.75 Å². The summed E-state index contributed by atoms with van der Waals surface area (Å²) < 4.78 is 65.0. The minimum atomic E-state index is -3.67. The van der Waals surface area contributed by atoms with E-state index in [2.05, 4.69) is 10.2 Å². The van der Waals surface area contributed by atoms with Crippen LogP contribution in [0, 0.1) is 0 Å². The zero-order chi connectivity index (χ0) is 26.5. The van der Waals surface area contributed by atoms with Gasteiger partial charge in [0.05, 0.1) is 29.5 Å². The summed E-state index contributed by atoms with van der Waals surface area (Å²) in [7, 11) is -5.30. The number of rotatable bonds is 9. The smallest absolute Gasteiger partial charge is 0.251 e. The monoisotopic (exact) mass is 552 g/mol. The molecule has 2 heterocycles. The van der Waals surface area contributed by atoms with Crippen LogP contribution in [0.25, 0.3) is 0 Å². The molecule has 2 aromatic carbocycles. The molecule has 2 saturated heterocycles. The number of amides is 1. The number of benzene rings is 2. The molecule has 1 N–H and O–H groups in total. The van der Waals surface area contributed by atoms with Crippen LogP contribution < -0.4 is 10.1 Å². The number of carbonyl (C=O) groups is 1. The summed E-state index contributed by atoms with van der Waals surface area (Å²) in [6.45, 7) is 3.88. The fourth-order valence-electron chi connectivity index (χ4n) is 4.05. The zero-order valence-electron chi connectivity index (χ0n) is 20.7. The Kier molecular flexibility index (Phi) is 8.82. The maximum atomic E-state index is 13.0. The van der Waals surface area contributed by atoms with Crippen molar-refractivity contribution in [2.45, 2.75) is 9.79 Å². The van der Waals surface area contributed by atoms with Gasteiger partial charge in [-0.3, -0.25) is 4.79 Å². The zero-order valence-corrected chi connectivity index (χ0v) is 22.3. The highest BCUT2D eigenvalue weighted by Crippen LogP contribution is 2.21. The van der Waals surface area contributed by atoms with E-state index in [1.165, 1.54) is 32.9 Å². The summed E-state index contributed by atoms with van der Waals surface area (Å²) in [6, 6.07) is 12.1. The van der Waals surface area contributed by atoms with Crippen LogP contribution in [0.1, 0.15) is 10.4 Å². The number of nitrogens with one attached hydrogen (secondary N) is 1. The molecule has 0 bridgehead atoms. The Morgan fingerprint density at radius 2 is 1.49 bits per heavy atom. The van der Waals surface area contributed by atoms with Gasteiger partial charge in [0.15, 0.2) is 0 Å². The summed E-state index contributed by atoms with van der Waals surface area (Å²) in [4.78, 5) is 14.9. The summed E-state index contributed by atoms with van der Waals surface area (Å²) in [5.74, 6) is 0.0569. The SMILES string of the molecule is CN1CCN(S(=O)(=O)c2cccc(C(=O)NCCOc3ccc(S(=O)(=O)N4CCOCC4)cc3)c2)CC1. The topological polar surface area (TPSA) is 126 Å². The first-order valence-corrected chi connectivity index (χ1v) is 14.9. The molecular formula is C24H32N4O7S2. The molecule has 0 unspecified atom stereocenters. The first kappa shape index (κ1) is 27.5. The molecule has 2 aliphatic heterocycles. The number of hydrogen-bond acceptors (Lipinski definition) is 8. The second-order valence-electron chi connectivity index (χ2n) is 8.83. The van der Waals surface area contributed by atoms with Gasteiger partial charge < -0.3 is 19.7 Å². The van der Waals surface area contributed by atoms with Crippen molar-refractivity contribution in [2.75, 3.05) is 72.7 Å². The van der Waals surface area contributed by atoms with Crippen LogP contribution in [-0.4, -0.2) is 109 Å². The van der Waals surface area contributed by atoms with Crippen LogP contribution in [0.5, 0.6) is 5.75 Å². The van der Waals surface area contributed by atoms with Gasteiger partial charge in [-0.1, -0.05) is 6.07 Å². The van der Waals surface area contributed by atoms with Gasteiger partial charge in [0.1, 0.15) is 12.4 Å². The predicted molar refractivity (Wildman–Crippen MR) is 137 cm³/mol. The highest BCUT2D eigenvalue weighted by molar-refractivity contribution is 7.89. The first-order chi connectivity index (χ1) is 17.7. The van der Waals surface area contributed by atoms with Crippen molar-refractivity contribution in [2.24, 2.45) is 0 Å². The number of piperazine rings is 1. The van der Waals surface area contributed by atoms with Crippen molar-refractivity contribution < 1.29 is 31.1 Å². The second kappa shape index (κ2) is 11.9. The molecule has 0 spiro atoms. The molecule has 0 atom stereocenters. The van der Waals surface area contributed by atoms with Gasteiger partial charge in [-0.05, 0) is 49.5 Å². The van der Waals surface area contributed by atoms with Gasteiger partial charge in [-0.25, -0.2) is 16.8 Å². The Morgan fingerprint density at radius 3 is 2.16 bits per heavy atom. The van der Waals surface area contributed by atoms with Crippen molar-refractivity contribution >= 4 is 26.0 Å². The first-order valence-electron chi connectivity index (χ1n) is 12.1. The van der Waals surface area contributed by atoms with Crippen molar-refractivity contribution in [1.82, 2.24) is 18.8 Å². The maximum absolute atomic E-state index is 13.0. The summed E-state index contributed by atoms with van der Waals surface area (Å²) in [6.07, 6.45) is 0. The molecule has 11 nitrogen and oxygen atoms in total. The Labute approximate surface area is 218 Å². The van der Waals surface area contributed by atoms with Crippen molar-refractivity contribution in [1.29, 1.82) is 0 Å². The molecule has 2 aromatic rings. The Bertz CT molecular complexity index is 1290. The van der Waals surface area contributed by atoms with Crippen LogP contribution in [0.15, 0.2) is 58.3 Å². The van der Waals surface area contributed by atoms with E-state index in [1.807, 2.05) is 7.05 Å². The van der Waals surface area contributed by atoms with Crippen LogP contribution in [0.2, 0.25) is 0 Å². The average molecular weight is 553 g/mol. The number of carbonyl (C=O) groups excluding carboxylic acids is 1. The molecular weight excluding hydrogens is 520 g/mol. The lowest BCUT2D eigenvalue weighted by Gasteiger charge is -2.31.